The zero-order valence-electron chi connectivity index (χ0n) is 10.3. The van der Waals surface area contributed by atoms with E-state index < -0.39 is 0 Å². The van der Waals surface area contributed by atoms with Crippen LogP contribution in [-0.4, -0.2) is 47.9 Å². The molecule has 2 fully saturated rings. The van der Waals surface area contributed by atoms with Gasteiger partial charge in [-0.15, -0.1) is 0 Å². The van der Waals surface area contributed by atoms with E-state index in [4.69, 9.17) is 0 Å². The van der Waals surface area contributed by atoms with E-state index in [1.54, 1.807) is 12.1 Å². The number of carbonyl (C=O) groups is 1. The minimum atomic E-state index is -0.299. The van der Waals surface area contributed by atoms with Crippen molar-refractivity contribution in [3.63, 3.8) is 0 Å². The monoisotopic (exact) mass is 248 g/mol. The summed E-state index contributed by atoms with van der Waals surface area (Å²) in [4.78, 5) is 16.7. The van der Waals surface area contributed by atoms with Crippen molar-refractivity contribution in [3.8, 4) is 0 Å². The third-order valence-corrected chi connectivity index (χ3v) is 3.97. The number of rotatable bonds is 1. The number of amides is 1. The van der Waals surface area contributed by atoms with Gasteiger partial charge in [0.25, 0.3) is 5.91 Å². The molecule has 0 radical (unpaired) electrons. The van der Waals surface area contributed by atoms with E-state index in [-0.39, 0.29) is 11.7 Å². The summed E-state index contributed by atoms with van der Waals surface area (Å²) >= 11 is 0. The zero-order chi connectivity index (χ0) is 12.5. The SMILES string of the molecule is O=C(c1ccc(F)cc1)N1CCN2CCCC2C1. The van der Waals surface area contributed by atoms with Crippen molar-refractivity contribution in [3.05, 3.63) is 35.6 Å². The van der Waals surface area contributed by atoms with Gasteiger partial charge >= 0.3 is 0 Å². The lowest BCUT2D eigenvalue weighted by Gasteiger charge is -2.37. The molecule has 2 aliphatic rings. The Morgan fingerprint density at radius 1 is 1.17 bits per heavy atom. The van der Waals surface area contributed by atoms with Gasteiger partial charge in [0.1, 0.15) is 5.82 Å². The molecule has 2 saturated heterocycles. The second kappa shape index (κ2) is 4.69. The van der Waals surface area contributed by atoms with Gasteiger partial charge in [0.05, 0.1) is 0 Å². The minimum absolute atomic E-state index is 0.0292. The summed E-state index contributed by atoms with van der Waals surface area (Å²) in [6.07, 6.45) is 2.43. The topological polar surface area (TPSA) is 23.6 Å². The molecule has 18 heavy (non-hydrogen) atoms. The molecule has 0 spiro atoms. The summed E-state index contributed by atoms with van der Waals surface area (Å²) in [5, 5.41) is 0. The Balaban J connectivity index is 1.71. The van der Waals surface area contributed by atoms with Crippen molar-refractivity contribution >= 4 is 5.91 Å². The maximum Gasteiger partial charge on any atom is 0.253 e. The first-order chi connectivity index (χ1) is 8.74. The second-order valence-corrected chi connectivity index (χ2v) is 5.09. The highest BCUT2D eigenvalue weighted by Crippen LogP contribution is 2.22. The van der Waals surface area contributed by atoms with E-state index in [9.17, 15) is 9.18 Å². The summed E-state index contributed by atoms with van der Waals surface area (Å²) < 4.78 is 12.8. The highest BCUT2D eigenvalue weighted by molar-refractivity contribution is 5.94. The van der Waals surface area contributed by atoms with Crippen LogP contribution < -0.4 is 0 Å². The van der Waals surface area contributed by atoms with Crippen molar-refractivity contribution in [2.75, 3.05) is 26.2 Å². The fourth-order valence-electron chi connectivity index (χ4n) is 2.95. The van der Waals surface area contributed by atoms with Gasteiger partial charge in [-0.3, -0.25) is 9.69 Å². The first-order valence-electron chi connectivity index (χ1n) is 6.53. The van der Waals surface area contributed by atoms with Crippen LogP contribution >= 0.6 is 0 Å². The van der Waals surface area contributed by atoms with Crippen molar-refractivity contribution < 1.29 is 9.18 Å². The molecule has 0 aliphatic carbocycles. The standard InChI is InChI=1S/C14H17FN2O/c15-12-5-3-11(4-6-12)14(18)17-9-8-16-7-1-2-13(16)10-17/h3-6,13H,1-2,7-10H2. The Hall–Kier alpha value is -1.42. The van der Waals surface area contributed by atoms with Gasteiger partial charge in [-0.2, -0.15) is 0 Å². The number of piperazine rings is 1. The van der Waals surface area contributed by atoms with Gasteiger partial charge in [0.2, 0.25) is 0 Å². The molecule has 4 heteroatoms. The van der Waals surface area contributed by atoms with E-state index in [1.165, 1.54) is 31.5 Å². The van der Waals surface area contributed by atoms with E-state index in [1.807, 2.05) is 4.90 Å². The second-order valence-electron chi connectivity index (χ2n) is 5.09. The molecule has 1 aromatic rings. The van der Waals surface area contributed by atoms with Crippen LogP contribution in [0.1, 0.15) is 23.2 Å². The molecule has 0 aromatic heterocycles. The van der Waals surface area contributed by atoms with Gasteiger partial charge in [-0.1, -0.05) is 0 Å². The number of nitrogens with zero attached hydrogens (tertiary/aromatic N) is 2. The van der Waals surface area contributed by atoms with Gasteiger partial charge in [0, 0.05) is 31.2 Å². The predicted molar refractivity (Wildman–Crippen MR) is 66.9 cm³/mol. The van der Waals surface area contributed by atoms with Gasteiger partial charge in [-0.05, 0) is 43.7 Å². The highest BCUT2D eigenvalue weighted by atomic mass is 19.1. The van der Waals surface area contributed by atoms with E-state index in [0.29, 0.717) is 11.6 Å². The molecule has 1 amide bonds. The van der Waals surface area contributed by atoms with Crippen LogP contribution in [0.2, 0.25) is 0 Å². The van der Waals surface area contributed by atoms with Crippen LogP contribution in [0, 0.1) is 5.82 Å². The zero-order valence-corrected chi connectivity index (χ0v) is 10.3. The van der Waals surface area contributed by atoms with Gasteiger partial charge < -0.3 is 4.90 Å². The summed E-state index contributed by atoms with van der Waals surface area (Å²) in [5.41, 5.74) is 0.586. The largest absolute Gasteiger partial charge is 0.336 e. The van der Waals surface area contributed by atoms with Crippen LogP contribution in [0.15, 0.2) is 24.3 Å². The molecule has 3 nitrogen and oxygen atoms in total. The summed E-state index contributed by atoms with van der Waals surface area (Å²) in [6, 6.07) is 6.36. The Kier molecular flexibility index (Phi) is 3.04. The number of carbonyl (C=O) groups excluding carboxylic acids is 1. The van der Waals surface area contributed by atoms with Crippen LogP contribution in [-0.2, 0) is 0 Å². The molecule has 0 bridgehead atoms. The summed E-state index contributed by atoms with van der Waals surface area (Å²) in [7, 11) is 0. The third-order valence-electron chi connectivity index (χ3n) is 3.97. The van der Waals surface area contributed by atoms with Crippen LogP contribution in [0.5, 0.6) is 0 Å². The number of benzene rings is 1. The molecule has 1 unspecified atom stereocenters. The molecular formula is C14H17FN2O. The molecule has 3 rings (SSSR count). The lowest BCUT2D eigenvalue weighted by atomic mass is 10.1. The number of fused-ring (bicyclic) bond motifs is 1. The molecule has 96 valence electrons. The van der Waals surface area contributed by atoms with Crippen molar-refractivity contribution in [1.82, 2.24) is 9.80 Å². The van der Waals surface area contributed by atoms with Crippen molar-refractivity contribution in [2.24, 2.45) is 0 Å². The van der Waals surface area contributed by atoms with E-state index in [0.717, 1.165) is 19.6 Å². The molecule has 1 aromatic carbocycles. The lowest BCUT2D eigenvalue weighted by Crippen LogP contribution is -2.52. The minimum Gasteiger partial charge on any atom is -0.336 e. The molecule has 0 saturated carbocycles. The van der Waals surface area contributed by atoms with Gasteiger partial charge in [0.15, 0.2) is 0 Å². The maximum absolute atomic E-state index is 12.8. The quantitative estimate of drug-likeness (QED) is 0.756. The lowest BCUT2D eigenvalue weighted by molar-refractivity contribution is 0.0571. The van der Waals surface area contributed by atoms with Crippen LogP contribution in [0.4, 0.5) is 4.39 Å². The Bertz CT molecular complexity index is 446. The Labute approximate surface area is 106 Å². The van der Waals surface area contributed by atoms with Crippen molar-refractivity contribution in [1.29, 1.82) is 0 Å². The average molecular weight is 248 g/mol. The van der Waals surface area contributed by atoms with E-state index in [2.05, 4.69) is 4.90 Å². The van der Waals surface area contributed by atoms with E-state index >= 15 is 0 Å². The summed E-state index contributed by atoms with van der Waals surface area (Å²) in [5.74, 6) is -0.270. The fraction of sp³-hybridized carbons (Fsp3) is 0.500. The molecule has 2 aliphatic heterocycles. The molecule has 1 atom stereocenters. The third kappa shape index (κ3) is 2.12. The normalized spacial score (nSPS) is 24.1. The molecule has 2 heterocycles. The smallest absolute Gasteiger partial charge is 0.253 e. The first-order valence-corrected chi connectivity index (χ1v) is 6.53. The van der Waals surface area contributed by atoms with Crippen LogP contribution in [0.3, 0.4) is 0 Å². The fourth-order valence-corrected chi connectivity index (χ4v) is 2.95. The van der Waals surface area contributed by atoms with Crippen LogP contribution in [0.25, 0.3) is 0 Å². The predicted octanol–water partition coefficient (Wildman–Crippen LogP) is 1.75. The highest BCUT2D eigenvalue weighted by Gasteiger charge is 2.32. The molecular weight excluding hydrogens is 231 g/mol. The first kappa shape index (κ1) is 11.7. The number of hydrogen-bond acceptors (Lipinski definition) is 2. The molecule has 0 N–H and O–H groups in total. The van der Waals surface area contributed by atoms with Gasteiger partial charge in [-0.25, -0.2) is 4.39 Å². The number of hydrogen-bond donors (Lipinski definition) is 0. The Morgan fingerprint density at radius 2 is 1.94 bits per heavy atom. The van der Waals surface area contributed by atoms with Crippen molar-refractivity contribution in [2.45, 2.75) is 18.9 Å². The number of halogens is 1. The average Bonchev–Trinajstić information content (AvgIpc) is 2.86. The Morgan fingerprint density at radius 3 is 2.72 bits per heavy atom. The summed E-state index contributed by atoms with van der Waals surface area (Å²) in [6.45, 7) is 3.74. The maximum atomic E-state index is 12.8.